The van der Waals surface area contributed by atoms with Crippen molar-refractivity contribution >= 4 is 16.9 Å². The second-order valence-corrected chi connectivity index (χ2v) is 5.26. The summed E-state index contributed by atoms with van der Waals surface area (Å²) < 4.78 is 1.67. The van der Waals surface area contributed by atoms with Crippen molar-refractivity contribution in [1.29, 1.82) is 0 Å². The van der Waals surface area contributed by atoms with Gasteiger partial charge in [-0.05, 0) is 25.5 Å². The third-order valence-electron chi connectivity index (χ3n) is 3.52. The van der Waals surface area contributed by atoms with Crippen LogP contribution in [-0.2, 0) is 6.42 Å². The topological polar surface area (TPSA) is 83.8 Å². The van der Waals surface area contributed by atoms with Crippen LogP contribution >= 0.6 is 0 Å². The molecule has 2 N–H and O–H groups in total. The number of rotatable bonds is 4. The van der Waals surface area contributed by atoms with E-state index in [1.165, 1.54) is 0 Å². The second kappa shape index (κ2) is 5.05. The molecule has 0 bridgehead atoms. The first kappa shape index (κ1) is 13.4. The van der Waals surface area contributed by atoms with Crippen LogP contribution in [0.15, 0.2) is 30.5 Å². The van der Waals surface area contributed by atoms with Gasteiger partial charge in [-0.3, -0.25) is 0 Å². The maximum atomic E-state index is 11.3. The monoisotopic (exact) mass is 284 g/mol. The normalized spacial score (nSPS) is 11.4. The van der Waals surface area contributed by atoms with Crippen molar-refractivity contribution in [2.75, 3.05) is 0 Å². The first-order valence-electron chi connectivity index (χ1n) is 6.80. The predicted molar refractivity (Wildman–Crippen MR) is 78.5 cm³/mol. The maximum Gasteiger partial charge on any atom is 0.358 e. The van der Waals surface area contributed by atoms with Crippen LogP contribution in [0.25, 0.3) is 10.9 Å². The lowest BCUT2D eigenvalue weighted by molar-refractivity contribution is 0.0689. The highest BCUT2D eigenvalue weighted by Crippen LogP contribution is 2.23. The van der Waals surface area contributed by atoms with Crippen molar-refractivity contribution in [3.8, 4) is 0 Å². The molecular weight excluding hydrogens is 268 g/mol. The quantitative estimate of drug-likeness (QED) is 0.771. The number of aromatic amines is 1. The van der Waals surface area contributed by atoms with E-state index in [1.54, 1.807) is 4.68 Å². The Labute approximate surface area is 121 Å². The lowest BCUT2D eigenvalue weighted by Gasteiger charge is -2.09. The van der Waals surface area contributed by atoms with Crippen LogP contribution in [0.2, 0.25) is 0 Å². The Bertz CT molecular complexity index is 801. The Morgan fingerprint density at radius 1 is 1.38 bits per heavy atom. The summed E-state index contributed by atoms with van der Waals surface area (Å²) in [5.74, 6) is -1.04. The average molecular weight is 284 g/mol. The maximum absolute atomic E-state index is 11.3. The number of H-pyrrole nitrogens is 1. The molecule has 0 aliphatic heterocycles. The summed E-state index contributed by atoms with van der Waals surface area (Å²) in [5.41, 5.74) is 2.72. The van der Waals surface area contributed by atoms with Gasteiger partial charge in [0.15, 0.2) is 5.69 Å². The molecule has 3 rings (SSSR count). The van der Waals surface area contributed by atoms with Gasteiger partial charge in [0.25, 0.3) is 0 Å². The minimum atomic E-state index is -1.04. The molecule has 2 aromatic heterocycles. The van der Waals surface area contributed by atoms with E-state index in [1.807, 2.05) is 44.3 Å². The van der Waals surface area contributed by atoms with Crippen LogP contribution in [0.1, 0.15) is 41.6 Å². The zero-order valence-corrected chi connectivity index (χ0v) is 11.9. The summed E-state index contributed by atoms with van der Waals surface area (Å²) in [6.07, 6.45) is 2.39. The average Bonchev–Trinajstić information content (AvgIpc) is 3.04. The van der Waals surface area contributed by atoms with E-state index in [-0.39, 0.29) is 11.7 Å². The number of carboxylic acids is 1. The highest BCUT2D eigenvalue weighted by Gasteiger charge is 2.21. The second-order valence-electron chi connectivity index (χ2n) is 5.26. The molecule has 0 spiro atoms. The number of hydrogen-bond donors (Lipinski definition) is 2. The summed E-state index contributed by atoms with van der Waals surface area (Å²) >= 11 is 0. The van der Waals surface area contributed by atoms with Crippen LogP contribution in [0, 0.1) is 0 Å². The molecule has 0 amide bonds. The van der Waals surface area contributed by atoms with Crippen LogP contribution in [0.4, 0.5) is 0 Å². The Kier molecular flexibility index (Phi) is 3.21. The van der Waals surface area contributed by atoms with E-state index in [2.05, 4.69) is 15.3 Å². The molecule has 6 nitrogen and oxygen atoms in total. The minimum absolute atomic E-state index is 0.0222. The fraction of sp³-hybridized carbons (Fsp3) is 0.267. The number of carboxylic acid groups (broad SMARTS) is 1. The van der Waals surface area contributed by atoms with Gasteiger partial charge in [0.2, 0.25) is 0 Å². The third kappa shape index (κ3) is 2.29. The number of hydrogen-bond acceptors (Lipinski definition) is 3. The van der Waals surface area contributed by atoms with Crippen molar-refractivity contribution in [2.24, 2.45) is 0 Å². The van der Waals surface area contributed by atoms with Gasteiger partial charge in [-0.2, -0.15) is 0 Å². The minimum Gasteiger partial charge on any atom is -0.476 e. The molecule has 3 aromatic rings. The van der Waals surface area contributed by atoms with Gasteiger partial charge < -0.3 is 10.1 Å². The van der Waals surface area contributed by atoms with Crippen LogP contribution < -0.4 is 0 Å². The smallest absolute Gasteiger partial charge is 0.358 e. The molecular formula is C15H16N4O2. The molecule has 0 aliphatic carbocycles. The van der Waals surface area contributed by atoms with Gasteiger partial charge in [-0.1, -0.05) is 23.4 Å². The van der Waals surface area contributed by atoms with Crippen LogP contribution in [-0.4, -0.2) is 31.1 Å². The number of nitrogens with zero attached hydrogens (tertiary/aromatic N) is 3. The summed E-state index contributed by atoms with van der Waals surface area (Å²) in [7, 11) is 0. The molecule has 0 radical (unpaired) electrons. The van der Waals surface area contributed by atoms with Gasteiger partial charge in [0.05, 0.1) is 5.69 Å². The highest BCUT2D eigenvalue weighted by atomic mass is 16.4. The SMILES string of the molecule is CC(C)n1nnc(C(=O)O)c1Cc1c[nH]c2ccccc12. The fourth-order valence-corrected chi connectivity index (χ4v) is 2.52. The van der Waals surface area contributed by atoms with E-state index >= 15 is 0 Å². The first-order chi connectivity index (χ1) is 10.1. The lowest BCUT2D eigenvalue weighted by atomic mass is 10.1. The van der Waals surface area contributed by atoms with Crippen molar-refractivity contribution < 1.29 is 9.90 Å². The molecule has 1 aromatic carbocycles. The van der Waals surface area contributed by atoms with E-state index in [9.17, 15) is 9.90 Å². The van der Waals surface area contributed by atoms with E-state index in [0.717, 1.165) is 16.5 Å². The number of aromatic nitrogens is 4. The summed E-state index contributed by atoms with van der Waals surface area (Å²) in [6, 6.07) is 8.01. The third-order valence-corrected chi connectivity index (χ3v) is 3.52. The molecule has 0 aliphatic rings. The van der Waals surface area contributed by atoms with Gasteiger partial charge in [-0.25, -0.2) is 9.48 Å². The zero-order chi connectivity index (χ0) is 15.0. The fourth-order valence-electron chi connectivity index (χ4n) is 2.52. The van der Waals surface area contributed by atoms with Crippen molar-refractivity contribution in [1.82, 2.24) is 20.0 Å². The summed E-state index contributed by atoms with van der Waals surface area (Å²) in [5, 5.41) is 18.1. The molecule has 0 unspecified atom stereocenters. The summed E-state index contributed by atoms with van der Waals surface area (Å²) in [6.45, 7) is 3.91. The first-order valence-corrected chi connectivity index (χ1v) is 6.80. The lowest BCUT2D eigenvalue weighted by Crippen LogP contribution is -2.10. The van der Waals surface area contributed by atoms with E-state index in [0.29, 0.717) is 12.1 Å². The number of benzene rings is 1. The Hall–Kier alpha value is -2.63. The molecule has 0 saturated carbocycles. The largest absolute Gasteiger partial charge is 0.476 e. The Morgan fingerprint density at radius 3 is 2.86 bits per heavy atom. The van der Waals surface area contributed by atoms with Crippen LogP contribution in [0.5, 0.6) is 0 Å². The van der Waals surface area contributed by atoms with Crippen molar-refractivity contribution in [3.63, 3.8) is 0 Å². The highest BCUT2D eigenvalue weighted by molar-refractivity contribution is 5.87. The number of para-hydroxylation sites is 1. The molecule has 0 fully saturated rings. The van der Waals surface area contributed by atoms with Gasteiger partial charge >= 0.3 is 5.97 Å². The molecule has 108 valence electrons. The Balaban J connectivity index is 2.08. The Morgan fingerprint density at radius 2 is 2.14 bits per heavy atom. The van der Waals surface area contributed by atoms with Crippen LogP contribution in [0.3, 0.4) is 0 Å². The van der Waals surface area contributed by atoms with E-state index in [4.69, 9.17) is 0 Å². The standard InChI is InChI=1S/C15H16N4O2/c1-9(2)19-13(14(15(20)21)17-18-19)7-10-8-16-12-6-4-3-5-11(10)12/h3-6,8-9,16H,7H2,1-2H3,(H,20,21). The van der Waals surface area contributed by atoms with Gasteiger partial charge in [-0.15, -0.1) is 5.10 Å². The molecule has 21 heavy (non-hydrogen) atoms. The van der Waals surface area contributed by atoms with Gasteiger partial charge in [0, 0.05) is 29.6 Å². The van der Waals surface area contributed by atoms with Crippen molar-refractivity contribution in [3.05, 3.63) is 47.4 Å². The molecule has 0 atom stereocenters. The number of aromatic carboxylic acids is 1. The number of nitrogens with one attached hydrogen (secondary N) is 1. The molecule has 0 saturated heterocycles. The number of fused-ring (bicyclic) bond motifs is 1. The number of carbonyl (C=O) groups is 1. The predicted octanol–water partition coefficient (Wildman–Crippen LogP) is 2.63. The van der Waals surface area contributed by atoms with E-state index < -0.39 is 5.97 Å². The zero-order valence-electron chi connectivity index (χ0n) is 11.9. The molecule has 2 heterocycles. The summed E-state index contributed by atoms with van der Waals surface area (Å²) in [4.78, 5) is 14.5. The van der Waals surface area contributed by atoms with Gasteiger partial charge in [0.1, 0.15) is 0 Å². The molecule has 6 heteroatoms. The van der Waals surface area contributed by atoms with Crippen molar-refractivity contribution in [2.45, 2.75) is 26.3 Å².